The van der Waals surface area contributed by atoms with Crippen LogP contribution < -0.4 is 9.64 Å². The lowest BCUT2D eigenvalue weighted by molar-refractivity contribution is -0.121. The van der Waals surface area contributed by atoms with Crippen molar-refractivity contribution in [3.63, 3.8) is 0 Å². The zero-order valence-electron chi connectivity index (χ0n) is 17.8. The Hall–Kier alpha value is -4.45. The van der Waals surface area contributed by atoms with E-state index in [0.29, 0.717) is 18.0 Å². The summed E-state index contributed by atoms with van der Waals surface area (Å²) < 4.78 is 11.2. The molecule has 3 aromatic carbocycles. The van der Waals surface area contributed by atoms with E-state index in [1.807, 2.05) is 60.7 Å². The minimum atomic E-state index is -0.643. The van der Waals surface area contributed by atoms with E-state index in [9.17, 15) is 9.59 Å². The molecule has 0 fully saturated rings. The number of rotatable bonds is 8. The highest BCUT2D eigenvalue weighted by atomic mass is 16.5. The summed E-state index contributed by atoms with van der Waals surface area (Å²) in [4.78, 5) is 31.5. The van der Waals surface area contributed by atoms with Gasteiger partial charge in [0, 0.05) is 11.9 Å². The summed E-state index contributed by atoms with van der Waals surface area (Å²) in [6.45, 7) is -0.0380. The van der Waals surface area contributed by atoms with Gasteiger partial charge in [-0.25, -0.2) is 4.79 Å². The van der Waals surface area contributed by atoms with Crippen molar-refractivity contribution in [3.8, 4) is 11.5 Å². The highest BCUT2D eigenvalue weighted by Gasteiger charge is 2.20. The van der Waals surface area contributed by atoms with Gasteiger partial charge in [-0.15, -0.1) is 0 Å². The molecule has 0 radical (unpaired) electrons. The average Bonchev–Trinajstić information content (AvgIpc) is 2.88. The molecule has 0 spiro atoms. The van der Waals surface area contributed by atoms with Crippen LogP contribution in [0.25, 0.3) is 0 Å². The lowest BCUT2D eigenvalue weighted by Crippen LogP contribution is -2.34. The molecule has 0 atom stereocenters. The van der Waals surface area contributed by atoms with Crippen LogP contribution in [-0.2, 0) is 16.1 Å². The van der Waals surface area contributed by atoms with E-state index >= 15 is 0 Å². The van der Waals surface area contributed by atoms with Gasteiger partial charge in [-0.3, -0.25) is 9.78 Å². The molecule has 1 aromatic heterocycles. The summed E-state index contributed by atoms with van der Waals surface area (Å²) >= 11 is 0. The molecule has 4 rings (SSSR count). The number of carbonyl (C=O) groups excluding carboxylic acids is 2. The van der Waals surface area contributed by atoms with Gasteiger partial charge in [-0.1, -0.05) is 60.7 Å². The first kappa shape index (κ1) is 21.8. The third kappa shape index (κ3) is 5.83. The van der Waals surface area contributed by atoms with E-state index < -0.39 is 12.6 Å². The van der Waals surface area contributed by atoms with Crippen LogP contribution in [0.2, 0.25) is 0 Å². The van der Waals surface area contributed by atoms with Crippen molar-refractivity contribution in [2.24, 2.45) is 0 Å². The van der Waals surface area contributed by atoms with Crippen molar-refractivity contribution >= 4 is 17.6 Å². The number of ether oxygens (including phenoxy) is 2. The molecule has 6 nitrogen and oxygen atoms in total. The van der Waals surface area contributed by atoms with Gasteiger partial charge in [0.1, 0.15) is 17.1 Å². The molecule has 164 valence electrons. The minimum absolute atomic E-state index is 0.225. The van der Waals surface area contributed by atoms with Gasteiger partial charge in [0.05, 0.1) is 12.7 Å². The monoisotopic (exact) mass is 438 g/mol. The fourth-order valence-corrected chi connectivity index (χ4v) is 3.24. The Labute approximate surface area is 192 Å². The first-order chi connectivity index (χ1) is 16.2. The predicted molar refractivity (Wildman–Crippen MR) is 125 cm³/mol. The van der Waals surface area contributed by atoms with Gasteiger partial charge in [0.15, 0.2) is 6.61 Å². The average molecular weight is 438 g/mol. The molecule has 0 aliphatic rings. The summed E-state index contributed by atoms with van der Waals surface area (Å²) in [5.41, 5.74) is 1.92. The molecule has 0 saturated carbocycles. The third-order valence-corrected chi connectivity index (χ3v) is 4.85. The highest BCUT2D eigenvalue weighted by Crippen LogP contribution is 2.25. The maximum Gasteiger partial charge on any atom is 0.342 e. The molecule has 1 heterocycles. The fourth-order valence-electron chi connectivity index (χ4n) is 3.24. The van der Waals surface area contributed by atoms with Crippen molar-refractivity contribution in [2.75, 3.05) is 11.5 Å². The van der Waals surface area contributed by atoms with Crippen molar-refractivity contribution in [1.82, 2.24) is 4.98 Å². The van der Waals surface area contributed by atoms with Crippen LogP contribution >= 0.6 is 0 Å². The SMILES string of the molecule is O=C(OCC(=O)N(Cc1ccccc1)c1ccccc1)c1ccccc1Oc1cccnc1. The number of para-hydroxylation sites is 2. The number of benzene rings is 3. The zero-order valence-corrected chi connectivity index (χ0v) is 17.8. The van der Waals surface area contributed by atoms with Gasteiger partial charge in [0.2, 0.25) is 0 Å². The van der Waals surface area contributed by atoms with E-state index in [0.717, 1.165) is 11.3 Å². The Morgan fingerprint density at radius 3 is 2.21 bits per heavy atom. The van der Waals surface area contributed by atoms with Crippen molar-refractivity contribution in [2.45, 2.75) is 6.54 Å². The van der Waals surface area contributed by atoms with E-state index in [1.54, 1.807) is 53.7 Å². The smallest absolute Gasteiger partial charge is 0.342 e. The van der Waals surface area contributed by atoms with E-state index in [2.05, 4.69) is 4.98 Å². The third-order valence-electron chi connectivity index (χ3n) is 4.85. The van der Waals surface area contributed by atoms with Crippen LogP contribution in [0.4, 0.5) is 5.69 Å². The summed E-state index contributed by atoms with van der Waals surface area (Å²) in [6.07, 6.45) is 3.18. The van der Waals surface area contributed by atoms with Crippen molar-refractivity contribution in [1.29, 1.82) is 0 Å². The number of hydrogen-bond donors (Lipinski definition) is 0. The summed E-state index contributed by atoms with van der Waals surface area (Å²) in [6, 6.07) is 29.1. The molecule has 6 heteroatoms. The van der Waals surface area contributed by atoms with Crippen molar-refractivity contribution in [3.05, 3.63) is 121 Å². The topological polar surface area (TPSA) is 68.7 Å². The molecule has 0 saturated heterocycles. The van der Waals surface area contributed by atoms with Crippen molar-refractivity contribution < 1.29 is 19.1 Å². The number of carbonyl (C=O) groups is 2. The Morgan fingerprint density at radius 2 is 1.48 bits per heavy atom. The predicted octanol–water partition coefficient (Wildman–Crippen LogP) is 5.26. The summed E-state index contributed by atoms with van der Waals surface area (Å²) in [7, 11) is 0. The number of hydrogen-bond acceptors (Lipinski definition) is 5. The maximum absolute atomic E-state index is 13.1. The molecular formula is C27H22N2O4. The molecule has 0 aliphatic carbocycles. The van der Waals surface area contributed by atoms with Crippen LogP contribution in [0.5, 0.6) is 11.5 Å². The van der Waals surface area contributed by atoms with Crippen LogP contribution in [0.15, 0.2) is 109 Å². The van der Waals surface area contributed by atoms with Crippen LogP contribution in [0, 0.1) is 0 Å². The Morgan fingerprint density at radius 1 is 0.788 bits per heavy atom. The second-order valence-electron chi connectivity index (χ2n) is 7.16. The standard InChI is InChI=1S/C27H22N2O4/c30-26(29(22-12-5-2-6-13-22)19-21-10-3-1-4-11-21)20-32-27(31)24-15-7-8-16-25(24)33-23-14-9-17-28-18-23/h1-18H,19-20H2. The number of aromatic nitrogens is 1. The Balaban J connectivity index is 1.47. The minimum Gasteiger partial charge on any atom is -0.455 e. The van der Waals surface area contributed by atoms with Gasteiger partial charge in [-0.2, -0.15) is 0 Å². The summed E-state index contributed by atoms with van der Waals surface area (Å²) in [5.74, 6) is -0.154. The normalized spacial score (nSPS) is 10.3. The van der Waals surface area contributed by atoms with Gasteiger partial charge >= 0.3 is 5.97 Å². The molecule has 0 unspecified atom stereocenters. The van der Waals surface area contributed by atoms with Crippen LogP contribution in [0.1, 0.15) is 15.9 Å². The lowest BCUT2D eigenvalue weighted by atomic mass is 10.2. The first-order valence-corrected chi connectivity index (χ1v) is 10.4. The molecular weight excluding hydrogens is 416 g/mol. The van der Waals surface area contributed by atoms with Gasteiger partial charge < -0.3 is 14.4 Å². The molecule has 33 heavy (non-hydrogen) atoms. The molecule has 0 aliphatic heterocycles. The first-order valence-electron chi connectivity index (χ1n) is 10.4. The molecule has 0 bridgehead atoms. The highest BCUT2D eigenvalue weighted by molar-refractivity contribution is 5.98. The van der Waals surface area contributed by atoms with Crippen LogP contribution in [0.3, 0.4) is 0 Å². The quantitative estimate of drug-likeness (QED) is 0.351. The zero-order chi connectivity index (χ0) is 22.9. The number of esters is 1. The van der Waals surface area contributed by atoms with E-state index in [1.165, 1.54) is 0 Å². The molecule has 0 N–H and O–H groups in total. The number of anilines is 1. The van der Waals surface area contributed by atoms with Crippen LogP contribution in [-0.4, -0.2) is 23.5 Å². The lowest BCUT2D eigenvalue weighted by Gasteiger charge is -2.23. The van der Waals surface area contributed by atoms with E-state index in [4.69, 9.17) is 9.47 Å². The Kier molecular flexibility index (Phi) is 7.08. The number of nitrogens with zero attached hydrogens (tertiary/aromatic N) is 2. The number of amides is 1. The Bertz CT molecular complexity index is 1200. The fraction of sp³-hybridized carbons (Fsp3) is 0.0741. The summed E-state index contributed by atoms with van der Waals surface area (Å²) in [5, 5.41) is 0. The largest absolute Gasteiger partial charge is 0.455 e. The second kappa shape index (κ2) is 10.7. The van der Waals surface area contributed by atoms with Gasteiger partial charge in [0.25, 0.3) is 5.91 Å². The number of pyridine rings is 1. The molecule has 4 aromatic rings. The van der Waals surface area contributed by atoms with E-state index in [-0.39, 0.29) is 11.5 Å². The van der Waals surface area contributed by atoms with Gasteiger partial charge in [-0.05, 0) is 42.0 Å². The maximum atomic E-state index is 13.1. The molecule has 1 amide bonds. The second-order valence-corrected chi connectivity index (χ2v) is 7.16.